The van der Waals surface area contributed by atoms with E-state index in [1.807, 2.05) is 12.1 Å². The summed E-state index contributed by atoms with van der Waals surface area (Å²) in [4.78, 5) is 16.6. The Hall–Kier alpha value is -3.85. The molecule has 0 bridgehead atoms. The summed E-state index contributed by atoms with van der Waals surface area (Å²) in [7, 11) is 1.47. The number of aromatic nitrogens is 3. The third-order valence-corrected chi connectivity index (χ3v) is 5.23. The van der Waals surface area contributed by atoms with Crippen LogP contribution in [0.1, 0.15) is 15.9 Å². The minimum Gasteiger partial charge on any atom is -0.493 e. The van der Waals surface area contributed by atoms with Crippen molar-refractivity contribution in [1.82, 2.24) is 15.2 Å². The molecule has 1 amide bonds. The molecule has 156 valence electrons. The molecule has 0 unspecified atom stereocenters. The topological polar surface area (TPSA) is 86.2 Å². The van der Waals surface area contributed by atoms with Crippen molar-refractivity contribution in [2.24, 2.45) is 0 Å². The van der Waals surface area contributed by atoms with Crippen LogP contribution in [0.15, 0.2) is 67.0 Å². The van der Waals surface area contributed by atoms with Gasteiger partial charge < -0.3 is 9.47 Å². The van der Waals surface area contributed by atoms with E-state index in [9.17, 15) is 9.18 Å². The van der Waals surface area contributed by atoms with Gasteiger partial charge in [0.25, 0.3) is 5.91 Å². The Balaban J connectivity index is 1.45. The summed E-state index contributed by atoms with van der Waals surface area (Å²) in [6.07, 6.45) is 3.33. The van der Waals surface area contributed by atoms with E-state index in [2.05, 4.69) is 20.5 Å². The molecule has 31 heavy (non-hydrogen) atoms. The van der Waals surface area contributed by atoms with Crippen molar-refractivity contribution in [2.75, 3.05) is 12.4 Å². The minimum absolute atomic E-state index is 0.0388. The van der Waals surface area contributed by atoms with Crippen LogP contribution in [-0.2, 0) is 6.61 Å². The number of ether oxygens (including phenoxy) is 2. The molecule has 0 radical (unpaired) electrons. The number of carbonyl (C=O) groups is 1. The molecule has 0 aliphatic carbocycles. The molecule has 0 aliphatic rings. The fraction of sp³-hybridized carbons (Fsp3) is 0.0909. The number of amides is 1. The van der Waals surface area contributed by atoms with Crippen molar-refractivity contribution in [3.63, 3.8) is 0 Å². The van der Waals surface area contributed by atoms with Crippen molar-refractivity contribution in [3.8, 4) is 22.1 Å². The van der Waals surface area contributed by atoms with E-state index >= 15 is 0 Å². The van der Waals surface area contributed by atoms with Crippen molar-refractivity contribution >= 4 is 22.4 Å². The Morgan fingerprint density at radius 1 is 1.06 bits per heavy atom. The Morgan fingerprint density at radius 3 is 2.65 bits per heavy atom. The van der Waals surface area contributed by atoms with Gasteiger partial charge in [-0.1, -0.05) is 29.5 Å². The third-order valence-electron chi connectivity index (χ3n) is 4.34. The fourth-order valence-electron chi connectivity index (χ4n) is 2.75. The molecule has 2 aromatic heterocycles. The van der Waals surface area contributed by atoms with Gasteiger partial charge in [-0.25, -0.2) is 4.39 Å². The van der Waals surface area contributed by atoms with E-state index in [1.54, 1.807) is 48.8 Å². The lowest BCUT2D eigenvalue weighted by atomic mass is 10.2. The number of methoxy groups -OCH3 is 1. The number of halogens is 1. The van der Waals surface area contributed by atoms with Gasteiger partial charge >= 0.3 is 0 Å². The zero-order valence-corrected chi connectivity index (χ0v) is 17.2. The Labute approximate surface area is 181 Å². The van der Waals surface area contributed by atoms with E-state index in [-0.39, 0.29) is 18.3 Å². The van der Waals surface area contributed by atoms with Crippen LogP contribution in [0.25, 0.3) is 10.6 Å². The summed E-state index contributed by atoms with van der Waals surface area (Å²) in [6.45, 7) is 0.0388. The molecular formula is C22H17FN4O3S. The van der Waals surface area contributed by atoms with Gasteiger partial charge in [-0.2, -0.15) is 0 Å². The molecule has 0 spiro atoms. The number of nitrogens with one attached hydrogen (secondary N) is 1. The maximum Gasteiger partial charge on any atom is 0.257 e. The highest BCUT2D eigenvalue weighted by atomic mass is 32.1. The summed E-state index contributed by atoms with van der Waals surface area (Å²) in [6, 6.07) is 14.8. The van der Waals surface area contributed by atoms with Crippen molar-refractivity contribution in [1.29, 1.82) is 0 Å². The van der Waals surface area contributed by atoms with Crippen molar-refractivity contribution in [3.05, 3.63) is 83.9 Å². The maximum atomic E-state index is 13.8. The van der Waals surface area contributed by atoms with Crippen LogP contribution in [-0.4, -0.2) is 28.2 Å². The number of hydrogen-bond donors (Lipinski definition) is 1. The molecule has 2 aromatic carbocycles. The van der Waals surface area contributed by atoms with Crippen LogP contribution in [0.4, 0.5) is 9.52 Å². The number of nitrogens with zero attached hydrogens (tertiary/aromatic N) is 3. The molecule has 4 aromatic rings. The van der Waals surface area contributed by atoms with Gasteiger partial charge in [0.15, 0.2) is 11.5 Å². The summed E-state index contributed by atoms with van der Waals surface area (Å²) >= 11 is 1.26. The smallest absolute Gasteiger partial charge is 0.257 e. The summed E-state index contributed by atoms with van der Waals surface area (Å²) < 4.78 is 24.8. The molecule has 9 heteroatoms. The molecule has 0 saturated carbocycles. The lowest BCUT2D eigenvalue weighted by Gasteiger charge is -2.12. The average molecular weight is 436 g/mol. The normalized spacial score (nSPS) is 10.5. The average Bonchev–Trinajstić information content (AvgIpc) is 3.27. The summed E-state index contributed by atoms with van der Waals surface area (Å²) in [5.41, 5.74) is 1.65. The quantitative estimate of drug-likeness (QED) is 0.456. The minimum atomic E-state index is -0.364. The van der Waals surface area contributed by atoms with Crippen molar-refractivity contribution < 1.29 is 18.7 Å². The molecule has 2 heterocycles. The number of rotatable bonds is 7. The monoisotopic (exact) mass is 436 g/mol. The first-order valence-electron chi connectivity index (χ1n) is 9.23. The predicted octanol–water partition coefficient (Wildman–Crippen LogP) is 4.58. The second kappa shape index (κ2) is 9.31. The second-order valence-electron chi connectivity index (χ2n) is 6.35. The van der Waals surface area contributed by atoms with Gasteiger partial charge in [0.2, 0.25) is 5.13 Å². The lowest BCUT2D eigenvalue weighted by molar-refractivity contribution is 0.102. The maximum absolute atomic E-state index is 13.8. The lowest BCUT2D eigenvalue weighted by Crippen LogP contribution is -2.12. The van der Waals surface area contributed by atoms with Crippen LogP contribution in [0, 0.1) is 5.82 Å². The third kappa shape index (κ3) is 4.84. The first kappa shape index (κ1) is 20.4. The zero-order chi connectivity index (χ0) is 21.6. The van der Waals surface area contributed by atoms with Crippen LogP contribution >= 0.6 is 11.3 Å². The van der Waals surface area contributed by atoms with E-state index < -0.39 is 0 Å². The highest BCUT2D eigenvalue weighted by Gasteiger charge is 2.15. The first-order valence-corrected chi connectivity index (χ1v) is 10.0. The number of hydrogen-bond acceptors (Lipinski definition) is 7. The number of benzene rings is 2. The molecule has 7 nitrogen and oxygen atoms in total. The standard InChI is InChI=1S/C22H17FN4O3S/c1-29-19-12-15(6-7-18(19)30-13-16-4-2-3-5-17(16)23)20(28)25-22-27-26-21(31-22)14-8-10-24-11-9-14/h2-12H,13H2,1H3,(H,25,27,28). The summed E-state index contributed by atoms with van der Waals surface area (Å²) in [5.74, 6) is 0.0500. The van der Waals surface area contributed by atoms with Crippen LogP contribution in [0.3, 0.4) is 0 Å². The number of pyridine rings is 1. The molecule has 1 N–H and O–H groups in total. The van der Waals surface area contributed by atoms with E-state index in [0.29, 0.717) is 32.8 Å². The van der Waals surface area contributed by atoms with Gasteiger partial charge in [-0.15, -0.1) is 10.2 Å². The second-order valence-corrected chi connectivity index (χ2v) is 7.33. The predicted molar refractivity (Wildman–Crippen MR) is 115 cm³/mol. The van der Waals surface area contributed by atoms with Crippen LogP contribution < -0.4 is 14.8 Å². The van der Waals surface area contributed by atoms with E-state index in [0.717, 1.165) is 5.56 Å². The molecule has 0 atom stereocenters. The number of anilines is 1. The highest BCUT2D eigenvalue weighted by molar-refractivity contribution is 7.18. The fourth-order valence-corrected chi connectivity index (χ4v) is 3.50. The largest absolute Gasteiger partial charge is 0.493 e. The Kier molecular flexibility index (Phi) is 6.13. The Bertz CT molecular complexity index is 1200. The number of carbonyl (C=O) groups excluding carboxylic acids is 1. The molecule has 0 fully saturated rings. The van der Waals surface area contributed by atoms with Gasteiger partial charge in [-0.05, 0) is 36.4 Å². The van der Waals surface area contributed by atoms with Gasteiger partial charge in [-0.3, -0.25) is 15.1 Å². The van der Waals surface area contributed by atoms with Crippen molar-refractivity contribution in [2.45, 2.75) is 6.61 Å². The van der Waals surface area contributed by atoms with E-state index in [4.69, 9.17) is 9.47 Å². The van der Waals surface area contributed by atoms with Crippen LogP contribution in [0.5, 0.6) is 11.5 Å². The van der Waals surface area contributed by atoms with Gasteiger partial charge in [0, 0.05) is 29.1 Å². The van der Waals surface area contributed by atoms with Gasteiger partial charge in [0.05, 0.1) is 7.11 Å². The first-order chi connectivity index (χ1) is 15.1. The zero-order valence-electron chi connectivity index (χ0n) is 16.4. The Morgan fingerprint density at radius 2 is 1.87 bits per heavy atom. The molecule has 0 aliphatic heterocycles. The molecule has 0 saturated heterocycles. The highest BCUT2D eigenvalue weighted by Crippen LogP contribution is 2.30. The molecular weight excluding hydrogens is 419 g/mol. The summed E-state index contributed by atoms with van der Waals surface area (Å²) in [5, 5.41) is 11.9. The van der Waals surface area contributed by atoms with Crippen LogP contribution in [0.2, 0.25) is 0 Å². The molecule has 4 rings (SSSR count). The SMILES string of the molecule is COc1cc(C(=O)Nc2nnc(-c3ccncc3)s2)ccc1OCc1ccccc1F. The van der Waals surface area contributed by atoms with E-state index in [1.165, 1.54) is 24.5 Å². The van der Waals surface area contributed by atoms with Gasteiger partial charge in [0.1, 0.15) is 17.4 Å².